The van der Waals surface area contributed by atoms with E-state index in [1.807, 2.05) is 12.1 Å². The number of hydrogen-bond acceptors (Lipinski definition) is 6. The molecule has 182 valence electrons. The molecule has 1 aliphatic rings. The van der Waals surface area contributed by atoms with Crippen LogP contribution in [-0.4, -0.2) is 48.1 Å². The van der Waals surface area contributed by atoms with Crippen LogP contribution in [0.4, 0.5) is 18.3 Å². The molecule has 0 N–H and O–H groups in total. The minimum Gasteiger partial charge on any atom is -0.466 e. The first-order chi connectivity index (χ1) is 16.1. The number of nitrogens with zero attached hydrogens (tertiary/aromatic N) is 3. The maximum Gasteiger partial charge on any atom is 0.416 e. The van der Waals surface area contributed by atoms with E-state index in [9.17, 15) is 18.0 Å². The minimum atomic E-state index is -4.37. The molecule has 1 atom stereocenters. The summed E-state index contributed by atoms with van der Waals surface area (Å²) in [6.45, 7) is 7.14. The monoisotopic (exact) mass is 511 g/mol. The van der Waals surface area contributed by atoms with Crippen molar-refractivity contribution < 1.29 is 22.7 Å². The predicted molar refractivity (Wildman–Crippen MR) is 128 cm³/mol. The Hall–Kier alpha value is -2.36. The topological polar surface area (TPSA) is 45.7 Å². The summed E-state index contributed by atoms with van der Waals surface area (Å²) in [6, 6.07) is 9.48. The molecule has 3 aromatic rings. The van der Waals surface area contributed by atoms with Gasteiger partial charge in [-0.1, -0.05) is 29.0 Å². The zero-order valence-electron chi connectivity index (χ0n) is 18.9. The van der Waals surface area contributed by atoms with Gasteiger partial charge in [-0.3, -0.25) is 9.69 Å². The Balaban J connectivity index is 1.43. The fourth-order valence-electron chi connectivity index (χ4n) is 4.22. The van der Waals surface area contributed by atoms with Crippen molar-refractivity contribution in [1.29, 1.82) is 0 Å². The summed E-state index contributed by atoms with van der Waals surface area (Å²) < 4.78 is 44.7. The lowest BCUT2D eigenvalue weighted by Crippen LogP contribution is -2.51. The zero-order chi connectivity index (χ0) is 24.5. The average molecular weight is 512 g/mol. The van der Waals surface area contributed by atoms with Crippen molar-refractivity contribution in [3.63, 3.8) is 0 Å². The molecule has 2 heterocycles. The first kappa shape index (κ1) is 24.8. The highest BCUT2D eigenvalue weighted by atomic mass is 35.5. The summed E-state index contributed by atoms with van der Waals surface area (Å²) in [6.07, 6.45) is -4.19. The molecule has 0 unspecified atom stereocenters. The Labute approximate surface area is 205 Å². The van der Waals surface area contributed by atoms with Crippen LogP contribution in [0, 0.1) is 0 Å². The van der Waals surface area contributed by atoms with Gasteiger partial charge in [0.2, 0.25) is 0 Å². The van der Waals surface area contributed by atoms with Crippen LogP contribution in [0.2, 0.25) is 5.02 Å². The molecule has 0 saturated carbocycles. The highest BCUT2D eigenvalue weighted by molar-refractivity contribution is 7.22. The second-order valence-corrected chi connectivity index (χ2v) is 9.85. The average Bonchev–Trinajstić information content (AvgIpc) is 3.16. The van der Waals surface area contributed by atoms with Gasteiger partial charge in [0.15, 0.2) is 5.13 Å². The number of carbonyl (C=O) groups is 1. The van der Waals surface area contributed by atoms with E-state index in [1.54, 1.807) is 13.0 Å². The lowest BCUT2D eigenvalue weighted by Gasteiger charge is -2.39. The van der Waals surface area contributed by atoms with Crippen molar-refractivity contribution in [1.82, 2.24) is 9.88 Å². The number of carbonyl (C=O) groups excluding carboxylic acids is 1. The Morgan fingerprint density at radius 1 is 1.21 bits per heavy atom. The van der Waals surface area contributed by atoms with E-state index in [2.05, 4.69) is 21.7 Å². The van der Waals surface area contributed by atoms with Crippen LogP contribution in [0.5, 0.6) is 0 Å². The quantitative estimate of drug-likeness (QED) is 0.392. The predicted octanol–water partition coefficient (Wildman–Crippen LogP) is 5.78. The number of anilines is 1. The molecule has 0 aliphatic carbocycles. The number of rotatable bonds is 6. The SMILES string of the molecule is CCOC(=O)Cc1cc(Cl)cc(CN2CCN(c3nc4ccc(C(F)(F)F)cc4s3)[C@H](C)C2)c1. The number of alkyl halides is 3. The standard InChI is InChI=1S/C24H25ClF3N3O2S/c1-3-33-22(32)11-16-8-17(10-19(25)9-16)14-30-6-7-31(15(2)13-30)23-29-20-5-4-18(24(26,27)28)12-21(20)34-23/h4-5,8-10,12,15H,3,6-7,11,13-14H2,1-2H3/t15-/m1/s1. The van der Waals surface area contributed by atoms with Crippen LogP contribution in [-0.2, 0) is 28.7 Å². The van der Waals surface area contributed by atoms with E-state index >= 15 is 0 Å². The molecule has 1 aromatic heterocycles. The van der Waals surface area contributed by atoms with Gasteiger partial charge in [0.1, 0.15) is 0 Å². The van der Waals surface area contributed by atoms with Gasteiger partial charge >= 0.3 is 12.1 Å². The zero-order valence-corrected chi connectivity index (χ0v) is 20.4. The molecule has 2 aromatic carbocycles. The van der Waals surface area contributed by atoms with E-state index in [1.165, 1.54) is 23.5 Å². The molecule has 10 heteroatoms. The Kier molecular flexibility index (Phi) is 7.35. The molecule has 1 aliphatic heterocycles. The fraction of sp³-hybridized carbons (Fsp3) is 0.417. The molecular weight excluding hydrogens is 487 g/mol. The van der Waals surface area contributed by atoms with Crippen molar-refractivity contribution in [2.45, 2.75) is 39.0 Å². The summed E-state index contributed by atoms with van der Waals surface area (Å²) in [4.78, 5) is 20.9. The summed E-state index contributed by atoms with van der Waals surface area (Å²) in [5.74, 6) is -0.281. The van der Waals surface area contributed by atoms with Crippen molar-refractivity contribution >= 4 is 44.3 Å². The van der Waals surface area contributed by atoms with Gasteiger partial charge < -0.3 is 9.64 Å². The van der Waals surface area contributed by atoms with Gasteiger partial charge in [-0.05, 0) is 55.3 Å². The number of aromatic nitrogens is 1. The normalized spacial score (nSPS) is 17.4. The van der Waals surface area contributed by atoms with Crippen molar-refractivity contribution in [3.8, 4) is 0 Å². The second-order valence-electron chi connectivity index (χ2n) is 8.40. The van der Waals surface area contributed by atoms with Gasteiger partial charge in [-0.15, -0.1) is 0 Å². The van der Waals surface area contributed by atoms with Gasteiger partial charge in [0.05, 0.1) is 28.8 Å². The molecule has 34 heavy (non-hydrogen) atoms. The lowest BCUT2D eigenvalue weighted by atomic mass is 10.1. The number of ether oxygens (including phenoxy) is 1. The van der Waals surface area contributed by atoms with Crippen LogP contribution in [0.15, 0.2) is 36.4 Å². The smallest absolute Gasteiger partial charge is 0.416 e. The summed E-state index contributed by atoms with van der Waals surface area (Å²) in [7, 11) is 0. The molecule has 1 saturated heterocycles. The maximum absolute atomic E-state index is 13.0. The number of fused-ring (bicyclic) bond motifs is 1. The maximum atomic E-state index is 13.0. The fourth-order valence-corrected chi connectivity index (χ4v) is 5.63. The van der Waals surface area contributed by atoms with E-state index < -0.39 is 11.7 Å². The van der Waals surface area contributed by atoms with Gasteiger partial charge in [-0.2, -0.15) is 13.2 Å². The highest BCUT2D eigenvalue weighted by Gasteiger charge is 2.31. The highest BCUT2D eigenvalue weighted by Crippen LogP contribution is 2.36. The molecule has 5 nitrogen and oxygen atoms in total. The van der Waals surface area contributed by atoms with Crippen molar-refractivity contribution in [2.24, 2.45) is 0 Å². The van der Waals surface area contributed by atoms with Crippen LogP contribution in [0.3, 0.4) is 0 Å². The number of esters is 1. The van der Waals surface area contributed by atoms with Crippen molar-refractivity contribution in [2.75, 3.05) is 31.1 Å². The number of piperazine rings is 1. The third kappa shape index (κ3) is 5.82. The number of benzene rings is 2. The molecule has 1 fully saturated rings. The number of halogens is 4. The van der Waals surface area contributed by atoms with Crippen LogP contribution in [0.1, 0.15) is 30.5 Å². The van der Waals surface area contributed by atoms with Crippen molar-refractivity contribution in [3.05, 3.63) is 58.1 Å². The molecule has 0 bridgehead atoms. The molecular formula is C24H25ClF3N3O2S. The second kappa shape index (κ2) is 10.1. The molecule has 4 rings (SSSR count). The van der Waals surface area contributed by atoms with E-state index in [0.29, 0.717) is 34.9 Å². The summed E-state index contributed by atoms with van der Waals surface area (Å²) in [5, 5.41) is 1.32. The van der Waals surface area contributed by atoms with Gasteiger partial charge in [0, 0.05) is 37.2 Å². The lowest BCUT2D eigenvalue weighted by molar-refractivity contribution is -0.142. The third-order valence-electron chi connectivity index (χ3n) is 5.74. The summed E-state index contributed by atoms with van der Waals surface area (Å²) >= 11 is 7.57. The van der Waals surface area contributed by atoms with Crippen LogP contribution < -0.4 is 4.90 Å². The third-order valence-corrected chi connectivity index (χ3v) is 7.01. The Bertz CT molecular complexity index is 1180. The van der Waals surface area contributed by atoms with E-state index in [-0.39, 0.29) is 18.4 Å². The number of thiazole rings is 1. The molecule has 0 spiro atoms. The van der Waals surface area contributed by atoms with Crippen LogP contribution in [0.25, 0.3) is 10.2 Å². The first-order valence-electron chi connectivity index (χ1n) is 11.0. The van der Waals surface area contributed by atoms with E-state index in [4.69, 9.17) is 16.3 Å². The molecule has 0 radical (unpaired) electrons. The van der Waals surface area contributed by atoms with E-state index in [0.717, 1.165) is 35.4 Å². The van der Waals surface area contributed by atoms with Crippen LogP contribution >= 0.6 is 22.9 Å². The Morgan fingerprint density at radius 2 is 1.97 bits per heavy atom. The molecule has 0 amide bonds. The van der Waals surface area contributed by atoms with Gasteiger partial charge in [0.25, 0.3) is 0 Å². The summed E-state index contributed by atoms with van der Waals surface area (Å²) in [5.41, 5.74) is 1.76. The first-order valence-corrected chi connectivity index (χ1v) is 12.2. The van der Waals surface area contributed by atoms with Gasteiger partial charge in [-0.25, -0.2) is 4.98 Å². The number of hydrogen-bond donors (Lipinski definition) is 0. The largest absolute Gasteiger partial charge is 0.466 e. The minimum absolute atomic E-state index is 0.134. The Morgan fingerprint density at radius 3 is 2.68 bits per heavy atom.